The standard InChI is InChI=1S/C16H24N2O5S/c1-17-24(22,23)14-10-8-13(9-11-14)16(21)18-12-6-4-2-3-5-7-15(19)20/h8-11,17H,2-7,12H2,1H3,(H,18,21)(H,19,20). The number of hydrogen-bond acceptors (Lipinski definition) is 4. The van der Waals surface area contributed by atoms with Crippen molar-refractivity contribution in [2.45, 2.75) is 43.4 Å². The molecule has 3 N–H and O–H groups in total. The third-order valence-electron chi connectivity index (χ3n) is 3.55. The van der Waals surface area contributed by atoms with E-state index in [0.29, 0.717) is 18.5 Å². The lowest BCUT2D eigenvalue weighted by Crippen LogP contribution is -2.24. The number of nitrogens with one attached hydrogen (secondary N) is 2. The van der Waals surface area contributed by atoms with Gasteiger partial charge in [0.05, 0.1) is 4.90 Å². The Bertz CT molecular complexity index is 641. The molecular formula is C16H24N2O5S. The summed E-state index contributed by atoms with van der Waals surface area (Å²) in [5.74, 6) is -1.01. The molecule has 0 fully saturated rings. The maximum Gasteiger partial charge on any atom is 0.303 e. The first kappa shape index (κ1) is 20.1. The summed E-state index contributed by atoms with van der Waals surface area (Å²) >= 11 is 0. The van der Waals surface area contributed by atoms with Crippen LogP contribution < -0.4 is 10.0 Å². The lowest BCUT2D eigenvalue weighted by Gasteiger charge is -2.07. The third kappa shape index (κ3) is 7.10. The van der Waals surface area contributed by atoms with Crippen molar-refractivity contribution in [3.05, 3.63) is 29.8 Å². The van der Waals surface area contributed by atoms with Crippen molar-refractivity contribution < 1.29 is 23.1 Å². The number of carbonyl (C=O) groups excluding carboxylic acids is 1. The number of amides is 1. The molecular weight excluding hydrogens is 332 g/mol. The molecule has 1 rings (SSSR count). The highest BCUT2D eigenvalue weighted by atomic mass is 32.2. The zero-order valence-corrected chi connectivity index (χ0v) is 14.6. The Labute approximate surface area is 142 Å². The van der Waals surface area contributed by atoms with Crippen LogP contribution in [0, 0.1) is 0 Å². The molecule has 0 heterocycles. The maximum absolute atomic E-state index is 11.9. The van der Waals surface area contributed by atoms with E-state index < -0.39 is 16.0 Å². The summed E-state index contributed by atoms with van der Waals surface area (Å²) in [6, 6.07) is 5.74. The van der Waals surface area contributed by atoms with Crippen LogP contribution in [0.5, 0.6) is 0 Å². The predicted octanol–water partition coefficient (Wildman–Crippen LogP) is 1.75. The second-order valence-corrected chi connectivity index (χ2v) is 7.29. The summed E-state index contributed by atoms with van der Waals surface area (Å²) in [7, 11) is -2.17. The molecule has 1 amide bonds. The Balaban J connectivity index is 2.27. The van der Waals surface area contributed by atoms with Gasteiger partial charge in [-0.25, -0.2) is 13.1 Å². The first-order valence-corrected chi connectivity index (χ1v) is 9.39. The van der Waals surface area contributed by atoms with Crippen molar-refractivity contribution in [2.75, 3.05) is 13.6 Å². The van der Waals surface area contributed by atoms with Gasteiger partial charge in [0.1, 0.15) is 0 Å². The van der Waals surface area contributed by atoms with E-state index in [0.717, 1.165) is 25.7 Å². The van der Waals surface area contributed by atoms with E-state index in [1.54, 1.807) is 0 Å². The van der Waals surface area contributed by atoms with E-state index in [2.05, 4.69) is 10.0 Å². The summed E-state index contributed by atoms with van der Waals surface area (Å²) in [6.07, 6.45) is 4.46. The molecule has 0 radical (unpaired) electrons. The molecule has 24 heavy (non-hydrogen) atoms. The van der Waals surface area contributed by atoms with Crippen LogP contribution in [-0.4, -0.2) is 39.0 Å². The number of unbranched alkanes of at least 4 members (excludes halogenated alkanes) is 4. The lowest BCUT2D eigenvalue weighted by molar-refractivity contribution is -0.137. The summed E-state index contributed by atoms with van der Waals surface area (Å²) in [5.41, 5.74) is 0.409. The van der Waals surface area contributed by atoms with Crippen LogP contribution in [-0.2, 0) is 14.8 Å². The monoisotopic (exact) mass is 356 g/mol. The Kier molecular flexibility index (Phi) is 8.42. The molecule has 0 atom stereocenters. The Morgan fingerprint density at radius 3 is 2.17 bits per heavy atom. The summed E-state index contributed by atoms with van der Waals surface area (Å²) in [5, 5.41) is 11.3. The summed E-state index contributed by atoms with van der Waals surface area (Å²) in [4.78, 5) is 22.4. The number of sulfonamides is 1. The third-order valence-corrected chi connectivity index (χ3v) is 4.98. The summed E-state index contributed by atoms with van der Waals surface area (Å²) < 4.78 is 25.4. The normalized spacial score (nSPS) is 11.2. The molecule has 0 bridgehead atoms. The highest BCUT2D eigenvalue weighted by Gasteiger charge is 2.12. The van der Waals surface area contributed by atoms with Crippen molar-refractivity contribution >= 4 is 21.9 Å². The predicted molar refractivity (Wildman–Crippen MR) is 90.4 cm³/mol. The van der Waals surface area contributed by atoms with Gasteiger partial charge in [-0.15, -0.1) is 0 Å². The van der Waals surface area contributed by atoms with Crippen LogP contribution in [0.4, 0.5) is 0 Å². The number of carbonyl (C=O) groups is 2. The van der Waals surface area contributed by atoms with Crippen molar-refractivity contribution in [1.29, 1.82) is 0 Å². The van der Waals surface area contributed by atoms with Gasteiger partial charge in [0.25, 0.3) is 5.91 Å². The van der Waals surface area contributed by atoms with Crippen molar-refractivity contribution in [2.24, 2.45) is 0 Å². The minimum absolute atomic E-state index is 0.114. The first-order valence-electron chi connectivity index (χ1n) is 7.90. The fraction of sp³-hybridized carbons (Fsp3) is 0.500. The topological polar surface area (TPSA) is 113 Å². The molecule has 134 valence electrons. The number of aliphatic carboxylic acids is 1. The van der Waals surface area contributed by atoms with Gasteiger partial charge >= 0.3 is 5.97 Å². The van der Waals surface area contributed by atoms with Crippen molar-refractivity contribution in [3.8, 4) is 0 Å². The molecule has 0 aromatic heterocycles. The van der Waals surface area contributed by atoms with Gasteiger partial charge in [-0.05, 0) is 44.2 Å². The van der Waals surface area contributed by atoms with Crippen LogP contribution in [0.3, 0.4) is 0 Å². The Hall–Kier alpha value is -1.93. The smallest absolute Gasteiger partial charge is 0.303 e. The Morgan fingerprint density at radius 1 is 1.00 bits per heavy atom. The van der Waals surface area contributed by atoms with Crippen LogP contribution in [0.1, 0.15) is 48.9 Å². The van der Waals surface area contributed by atoms with Crippen LogP contribution in [0.25, 0.3) is 0 Å². The number of hydrogen-bond donors (Lipinski definition) is 3. The number of benzene rings is 1. The zero-order valence-electron chi connectivity index (χ0n) is 13.7. The van der Waals surface area contributed by atoms with Crippen LogP contribution in [0.2, 0.25) is 0 Å². The number of carboxylic acid groups (broad SMARTS) is 1. The van der Waals surface area contributed by atoms with Gasteiger partial charge in [-0.3, -0.25) is 9.59 Å². The quantitative estimate of drug-likeness (QED) is 0.523. The lowest BCUT2D eigenvalue weighted by atomic mass is 10.1. The van der Waals surface area contributed by atoms with Crippen molar-refractivity contribution in [3.63, 3.8) is 0 Å². The summed E-state index contributed by atoms with van der Waals surface area (Å²) in [6.45, 7) is 0.536. The molecule has 8 heteroatoms. The highest BCUT2D eigenvalue weighted by Crippen LogP contribution is 2.10. The average molecular weight is 356 g/mol. The van der Waals surface area contributed by atoms with E-state index in [-0.39, 0.29) is 17.2 Å². The fourth-order valence-electron chi connectivity index (χ4n) is 2.14. The van der Waals surface area contributed by atoms with Gasteiger partial charge in [-0.2, -0.15) is 0 Å². The van der Waals surface area contributed by atoms with Crippen molar-refractivity contribution in [1.82, 2.24) is 10.0 Å². The van der Waals surface area contributed by atoms with E-state index >= 15 is 0 Å². The van der Waals surface area contributed by atoms with E-state index in [4.69, 9.17) is 5.11 Å². The molecule has 7 nitrogen and oxygen atoms in total. The average Bonchev–Trinajstić information content (AvgIpc) is 2.56. The maximum atomic E-state index is 11.9. The van der Waals surface area contributed by atoms with Crippen LogP contribution >= 0.6 is 0 Å². The number of carboxylic acids is 1. The van der Waals surface area contributed by atoms with Gasteiger partial charge in [0.2, 0.25) is 10.0 Å². The van der Waals surface area contributed by atoms with Gasteiger partial charge in [-0.1, -0.05) is 19.3 Å². The zero-order chi connectivity index (χ0) is 18.0. The number of rotatable bonds is 11. The van der Waals surface area contributed by atoms with Gasteiger partial charge in [0.15, 0.2) is 0 Å². The minimum atomic E-state index is -3.50. The van der Waals surface area contributed by atoms with E-state index in [1.165, 1.54) is 31.3 Å². The Morgan fingerprint density at radius 2 is 1.58 bits per heavy atom. The molecule has 0 saturated heterocycles. The molecule has 0 unspecified atom stereocenters. The minimum Gasteiger partial charge on any atom is -0.481 e. The molecule has 0 saturated carbocycles. The largest absolute Gasteiger partial charge is 0.481 e. The molecule has 1 aromatic rings. The second-order valence-electron chi connectivity index (χ2n) is 5.40. The van der Waals surface area contributed by atoms with Gasteiger partial charge in [0, 0.05) is 18.5 Å². The molecule has 0 aliphatic rings. The van der Waals surface area contributed by atoms with Gasteiger partial charge < -0.3 is 10.4 Å². The highest BCUT2D eigenvalue weighted by molar-refractivity contribution is 7.89. The second kappa shape index (κ2) is 10.0. The first-order chi connectivity index (χ1) is 11.4. The molecule has 0 aliphatic heterocycles. The SMILES string of the molecule is CNS(=O)(=O)c1ccc(C(=O)NCCCCCCCC(=O)O)cc1. The fourth-order valence-corrected chi connectivity index (χ4v) is 2.87. The van der Waals surface area contributed by atoms with E-state index in [1.807, 2.05) is 0 Å². The molecule has 0 spiro atoms. The van der Waals surface area contributed by atoms with E-state index in [9.17, 15) is 18.0 Å². The molecule has 1 aromatic carbocycles. The van der Waals surface area contributed by atoms with Crippen LogP contribution in [0.15, 0.2) is 29.2 Å². The molecule has 0 aliphatic carbocycles.